The molecule has 2 aromatic heterocycles. The first-order valence-corrected chi connectivity index (χ1v) is 10.2. The molecular weight excluding hydrogens is 418 g/mol. The maximum atomic E-state index is 12.7. The third-order valence-electron chi connectivity index (χ3n) is 5.55. The Morgan fingerprint density at radius 2 is 1.61 bits per heavy atom. The highest BCUT2D eigenvalue weighted by molar-refractivity contribution is 6.28. The first kappa shape index (κ1) is 18.9. The first-order valence-electron chi connectivity index (χ1n) is 10.2. The van der Waals surface area contributed by atoms with Crippen molar-refractivity contribution >= 4 is 62.2 Å². The number of nitrogens with one attached hydrogen (secondary N) is 2. The number of benzene rings is 3. The van der Waals surface area contributed by atoms with Crippen LogP contribution in [0.2, 0.25) is 0 Å². The summed E-state index contributed by atoms with van der Waals surface area (Å²) in [6.07, 6.45) is 2.44. The Morgan fingerprint density at radius 3 is 2.39 bits per heavy atom. The lowest BCUT2D eigenvalue weighted by molar-refractivity contribution is -0.119. The molecular formula is C25H15N5O3. The van der Waals surface area contributed by atoms with Gasteiger partial charge in [0.2, 0.25) is 0 Å². The number of carbonyl (C=O) groups excluding carboxylic acids is 3. The lowest BCUT2D eigenvalue weighted by atomic mass is 10.1. The number of aromatic amines is 1. The number of nitrogens with zero attached hydrogens (tertiary/aromatic N) is 3. The summed E-state index contributed by atoms with van der Waals surface area (Å²) >= 11 is 0. The SMILES string of the molecule is O=C(Nc1ccc2nc3[nH]c4ccccc4c3nc2c1)c1ccc(N2C(=O)C=CC2=O)cc1. The fourth-order valence-electron chi connectivity index (χ4n) is 3.95. The van der Waals surface area contributed by atoms with Crippen LogP contribution in [-0.4, -0.2) is 32.7 Å². The van der Waals surface area contributed by atoms with E-state index in [9.17, 15) is 14.4 Å². The zero-order valence-corrected chi connectivity index (χ0v) is 17.1. The van der Waals surface area contributed by atoms with Crippen molar-refractivity contribution in [3.05, 3.63) is 84.4 Å². The summed E-state index contributed by atoms with van der Waals surface area (Å²) in [6, 6.07) is 19.5. The monoisotopic (exact) mass is 433 g/mol. The smallest absolute Gasteiger partial charge is 0.258 e. The molecule has 8 heteroatoms. The Balaban J connectivity index is 1.28. The molecule has 6 rings (SSSR count). The number of para-hydroxylation sites is 1. The summed E-state index contributed by atoms with van der Waals surface area (Å²) in [5.41, 5.74) is 5.22. The van der Waals surface area contributed by atoms with E-state index in [-0.39, 0.29) is 5.91 Å². The first-order chi connectivity index (χ1) is 16.1. The molecule has 5 aromatic rings. The van der Waals surface area contributed by atoms with Crippen LogP contribution in [0, 0.1) is 0 Å². The van der Waals surface area contributed by atoms with Gasteiger partial charge in [0, 0.05) is 34.3 Å². The van der Waals surface area contributed by atoms with Gasteiger partial charge in [0.05, 0.1) is 16.7 Å². The summed E-state index contributed by atoms with van der Waals surface area (Å²) < 4.78 is 0. The van der Waals surface area contributed by atoms with Crippen molar-refractivity contribution in [1.82, 2.24) is 15.0 Å². The van der Waals surface area contributed by atoms with Gasteiger partial charge < -0.3 is 10.3 Å². The minimum absolute atomic E-state index is 0.320. The van der Waals surface area contributed by atoms with Gasteiger partial charge in [-0.25, -0.2) is 14.9 Å². The van der Waals surface area contributed by atoms with E-state index in [1.165, 1.54) is 12.2 Å². The number of rotatable bonds is 3. The van der Waals surface area contributed by atoms with Gasteiger partial charge >= 0.3 is 0 Å². The molecule has 3 aromatic carbocycles. The van der Waals surface area contributed by atoms with Crippen molar-refractivity contribution in [2.45, 2.75) is 0 Å². The maximum Gasteiger partial charge on any atom is 0.258 e. The van der Waals surface area contributed by atoms with Crippen LogP contribution in [0.5, 0.6) is 0 Å². The van der Waals surface area contributed by atoms with Gasteiger partial charge in [-0.2, -0.15) is 0 Å². The van der Waals surface area contributed by atoms with Crippen LogP contribution >= 0.6 is 0 Å². The quantitative estimate of drug-likeness (QED) is 0.419. The van der Waals surface area contributed by atoms with Crippen LogP contribution in [0.3, 0.4) is 0 Å². The molecule has 0 radical (unpaired) electrons. The van der Waals surface area contributed by atoms with E-state index in [1.54, 1.807) is 36.4 Å². The highest BCUT2D eigenvalue weighted by atomic mass is 16.2. The number of aromatic nitrogens is 3. The molecule has 0 fully saturated rings. The molecule has 158 valence electrons. The van der Waals surface area contributed by atoms with E-state index >= 15 is 0 Å². The number of fused-ring (bicyclic) bond motifs is 4. The molecule has 0 spiro atoms. The second kappa shape index (κ2) is 7.10. The normalized spacial score (nSPS) is 13.5. The minimum Gasteiger partial charge on any atom is -0.338 e. The second-order valence-electron chi connectivity index (χ2n) is 7.64. The number of H-pyrrole nitrogens is 1. The van der Waals surface area contributed by atoms with Crippen LogP contribution in [0.15, 0.2) is 78.9 Å². The van der Waals surface area contributed by atoms with Crippen LogP contribution in [0.1, 0.15) is 10.4 Å². The van der Waals surface area contributed by atoms with Gasteiger partial charge in [-0.15, -0.1) is 0 Å². The number of anilines is 2. The van der Waals surface area contributed by atoms with Crippen molar-refractivity contribution in [3.63, 3.8) is 0 Å². The van der Waals surface area contributed by atoms with Crippen molar-refractivity contribution in [1.29, 1.82) is 0 Å². The maximum absolute atomic E-state index is 12.7. The molecule has 0 bridgehead atoms. The molecule has 0 aliphatic carbocycles. The number of hydrogen-bond acceptors (Lipinski definition) is 5. The van der Waals surface area contributed by atoms with E-state index in [0.717, 1.165) is 21.3 Å². The largest absolute Gasteiger partial charge is 0.338 e. The van der Waals surface area contributed by atoms with Gasteiger partial charge in [-0.3, -0.25) is 14.4 Å². The Hall–Kier alpha value is -4.85. The van der Waals surface area contributed by atoms with E-state index in [2.05, 4.69) is 15.3 Å². The third kappa shape index (κ3) is 3.12. The second-order valence-corrected chi connectivity index (χ2v) is 7.64. The van der Waals surface area contributed by atoms with Crippen molar-refractivity contribution in [2.75, 3.05) is 10.2 Å². The summed E-state index contributed by atoms with van der Waals surface area (Å²) in [4.78, 5) is 50.1. The Morgan fingerprint density at radius 1 is 0.848 bits per heavy atom. The van der Waals surface area contributed by atoms with Gasteiger partial charge in [0.25, 0.3) is 17.7 Å². The van der Waals surface area contributed by atoms with Crippen molar-refractivity contribution in [2.24, 2.45) is 0 Å². The number of amides is 3. The topological polar surface area (TPSA) is 108 Å². The molecule has 33 heavy (non-hydrogen) atoms. The third-order valence-corrected chi connectivity index (χ3v) is 5.55. The minimum atomic E-state index is -0.404. The zero-order chi connectivity index (χ0) is 22.5. The average molecular weight is 433 g/mol. The van der Waals surface area contributed by atoms with E-state index in [0.29, 0.717) is 33.6 Å². The predicted molar refractivity (Wildman–Crippen MR) is 125 cm³/mol. The highest BCUT2D eigenvalue weighted by Gasteiger charge is 2.25. The molecule has 0 saturated heterocycles. The number of imide groups is 1. The standard InChI is InChI=1S/C25H15N5O3/c31-21-11-12-22(32)30(21)16-8-5-14(6-9-16)25(33)26-15-7-10-19-20(13-15)27-23-17-3-1-2-4-18(17)28-24(23)29-19/h1-13H,(H,26,33)(H,28,29). The fourth-order valence-corrected chi connectivity index (χ4v) is 3.95. The molecule has 0 atom stereocenters. The van der Waals surface area contributed by atoms with Gasteiger partial charge in [0.15, 0.2) is 5.65 Å². The molecule has 8 nitrogen and oxygen atoms in total. The van der Waals surface area contributed by atoms with Crippen molar-refractivity contribution < 1.29 is 14.4 Å². The number of carbonyl (C=O) groups is 3. The lowest BCUT2D eigenvalue weighted by Gasteiger charge is -2.14. The number of hydrogen-bond donors (Lipinski definition) is 2. The van der Waals surface area contributed by atoms with Gasteiger partial charge in [-0.1, -0.05) is 18.2 Å². The predicted octanol–water partition coefficient (Wildman–Crippen LogP) is 3.95. The molecule has 2 N–H and O–H groups in total. The van der Waals surface area contributed by atoms with Crippen LogP contribution < -0.4 is 10.2 Å². The molecule has 3 heterocycles. The fraction of sp³-hybridized carbons (Fsp3) is 0. The van der Waals surface area contributed by atoms with E-state index in [1.807, 2.05) is 30.3 Å². The molecule has 1 aliphatic rings. The highest BCUT2D eigenvalue weighted by Crippen LogP contribution is 2.26. The van der Waals surface area contributed by atoms with Crippen LogP contribution in [0.25, 0.3) is 33.1 Å². The zero-order valence-electron chi connectivity index (χ0n) is 17.1. The van der Waals surface area contributed by atoms with Gasteiger partial charge in [0.1, 0.15) is 5.52 Å². The molecule has 1 aliphatic heterocycles. The molecule has 3 amide bonds. The van der Waals surface area contributed by atoms with E-state index < -0.39 is 11.8 Å². The Labute approximate surface area is 186 Å². The van der Waals surface area contributed by atoms with Crippen molar-refractivity contribution in [3.8, 4) is 0 Å². The lowest BCUT2D eigenvalue weighted by Crippen LogP contribution is -2.29. The van der Waals surface area contributed by atoms with Crippen LogP contribution in [-0.2, 0) is 9.59 Å². The summed E-state index contributed by atoms with van der Waals surface area (Å²) in [7, 11) is 0. The summed E-state index contributed by atoms with van der Waals surface area (Å²) in [5, 5.41) is 3.85. The van der Waals surface area contributed by atoms with Gasteiger partial charge in [-0.05, 0) is 48.5 Å². The Kier molecular flexibility index (Phi) is 4.06. The van der Waals surface area contributed by atoms with E-state index in [4.69, 9.17) is 4.98 Å². The summed E-state index contributed by atoms with van der Waals surface area (Å²) in [6.45, 7) is 0. The summed E-state index contributed by atoms with van der Waals surface area (Å²) in [5.74, 6) is -1.13. The molecule has 0 unspecified atom stereocenters. The molecule has 0 saturated carbocycles. The average Bonchev–Trinajstić information content (AvgIpc) is 3.36. The Bertz CT molecular complexity index is 1630. The van der Waals surface area contributed by atoms with Crippen LogP contribution in [0.4, 0.5) is 11.4 Å².